The molecule has 1 heterocycles. The smallest absolute Gasteiger partial charge is 0.265 e. The van der Waals surface area contributed by atoms with Gasteiger partial charge >= 0.3 is 0 Å². The Morgan fingerprint density at radius 1 is 1.10 bits per heavy atom. The number of benzene rings is 2. The highest BCUT2D eigenvalue weighted by molar-refractivity contribution is 7.89. The molecule has 0 aromatic heterocycles. The summed E-state index contributed by atoms with van der Waals surface area (Å²) >= 11 is 0. The molecule has 9 heteroatoms. The summed E-state index contributed by atoms with van der Waals surface area (Å²) in [5, 5.41) is 2.61. The van der Waals surface area contributed by atoms with Crippen LogP contribution in [0.25, 0.3) is 0 Å². The molecule has 0 atom stereocenters. The number of hydrogen-bond donors (Lipinski definition) is 2. The Morgan fingerprint density at radius 2 is 1.76 bits per heavy atom. The lowest BCUT2D eigenvalue weighted by Gasteiger charge is -2.28. The van der Waals surface area contributed by atoms with Crippen molar-refractivity contribution in [2.75, 3.05) is 23.4 Å². The quantitative estimate of drug-likeness (QED) is 0.775. The second kappa shape index (κ2) is 7.84. The van der Waals surface area contributed by atoms with E-state index in [0.717, 1.165) is 0 Å². The zero-order valence-electron chi connectivity index (χ0n) is 16.4. The summed E-state index contributed by atoms with van der Waals surface area (Å²) in [5.41, 5.74) is -0.0441. The van der Waals surface area contributed by atoms with Crippen LogP contribution in [0, 0.1) is 0 Å². The summed E-state index contributed by atoms with van der Waals surface area (Å²) in [6.45, 7) is 4.76. The fourth-order valence-electron chi connectivity index (χ4n) is 2.92. The average Bonchev–Trinajstić information content (AvgIpc) is 2.62. The number of nitrogens with one attached hydrogen (secondary N) is 2. The molecule has 2 amide bonds. The van der Waals surface area contributed by atoms with Crippen LogP contribution in [-0.4, -0.2) is 38.9 Å². The molecule has 8 nitrogen and oxygen atoms in total. The maximum atomic E-state index is 12.7. The SMILES string of the molecule is CC(C)(C)NS(=O)(=O)c1ccccc1NC(=O)CN1C(=O)COc2ccccc21. The Hall–Kier alpha value is -2.91. The minimum atomic E-state index is -3.85. The Morgan fingerprint density at radius 3 is 2.48 bits per heavy atom. The monoisotopic (exact) mass is 417 g/mol. The van der Waals surface area contributed by atoms with Crippen LogP contribution in [0.3, 0.4) is 0 Å². The topological polar surface area (TPSA) is 105 Å². The molecule has 0 radical (unpaired) electrons. The number of carbonyl (C=O) groups is 2. The largest absolute Gasteiger partial charge is 0.482 e. The van der Waals surface area contributed by atoms with Gasteiger partial charge in [-0.25, -0.2) is 13.1 Å². The summed E-state index contributed by atoms with van der Waals surface area (Å²) in [7, 11) is -3.85. The fraction of sp³-hybridized carbons (Fsp3) is 0.300. The molecule has 2 N–H and O–H groups in total. The van der Waals surface area contributed by atoms with Gasteiger partial charge in [0.05, 0.1) is 11.4 Å². The van der Waals surface area contributed by atoms with Gasteiger partial charge in [-0.2, -0.15) is 0 Å². The zero-order chi connectivity index (χ0) is 21.2. The zero-order valence-corrected chi connectivity index (χ0v) is 17.2. The van der Waals surface area contributed by atoms with E-state index in [4.69, 9.17) is 4.74 Å². The molecule has 3 rings (SSSR count). The molecule has 2 aromatic rings. The normalized spacial score (nSPS) is 14.2. The number of para-hydroxylation sites is 3. The van der Waals surface area contributed by atoms with E-state index < -0.39 is 21.5 Å². The third-order valence-corrected chi connectivity index (χ3v) is 5.82. The van der Waals surface area contributed by atoms with Gasteiger partial charge in [-0.3, -0.25) is 14.5 Å². The first-order valence-electron chi connectivity index (χ1n) is 9.02. The maximum absolute atomic E-state index is 12.7. The van der Waals surface area contributed by atoms with E-state index in [-0.39, 0.29) is 29.6 Å². The Bertz CT molecular complexity index is 1040. The van der Waals surface area contributed by atoms with Crippen molar-refractivity contribution >= 4 is 33.2 Å². The molecule has 2 aromatic carbocycles. The van der Waals surface area contributed by atoms with Crippen LogP contribution in [0.5, 0.6) is 5.75 Å². The number of fused-ring (bicyclic) bond motifs is 1. The Balaban J connectivity index is 1.82. The van der Waals surface area contributed by atoms with Gasteiger partial charge in [-0.1, -0.05) is 24.3 Å². The Kier molecular flexibility index (Phi) is 5.63. The molecule has 29 heavy (non-hydrogen) atoms. The molecule has 154 valence electrons. The lowest BCUT2D eigenvalue weighted by atomic mass is 10.1. The first kappa shape index (κ1) is 20.8. The van der Waals surface area contributed by atoms with Crippen LogP contribution >= 0.6 is 0 Å². The third-order valence-electron chi connectivity index (χ3n) is 4.00. The second-order valence-electron chi connectivity index (χ2n) is 7.64. The number of nitrogens with zero attached hydrogens (tertiary/aromatic N) is 1. The van der Waals surface area contributed by atoms with Crippen LogP contribution < -0.4 is 19.7 Å². The van der Waals surface area contributed by atoms with Crippen molar-refractivity contribution in [1.82, 2.24) is 4.72 Å². The number of sulfonamides is 1. The van der Waals surface area contributed by atoms with E-state index in [1.165, 1.54) is 17.0 Å². The highest BCUT2D eigenvalue weighted by Gasteiger charge is 2.28. The van der Waals surface area contributed by atoms with Crippen LogP contribution in [0.1, 0.15) is 20.8 Å². The highest BCUT2D eigenvalue weighted by Crippen LogP contribution is 2.31. The third kappa shape index (κ3) is 4.93. The maximum Gasteiger partial charge on any atom is 0.265 e. The van der Waals surface area contributed by atoms with Crippen LogP contribution in [0.15, 0.2) is 53.4 Å². The second-order valence-corrected chi connectivity index (χ2v) is 9.29. The molecule has 0 spiro atoms. The van der Waals surface area contributed by atoms with Crippen LogP contribution in [-0.2, 0) is 19.6 Å². The molecule has 0 bridgehead atoms. The summed E-state index contributed by atoms with van der Waals surface area (Å²) in [6.07, 6.45) is 0. The van der Waals surface area contributed by atoms with Crippen molar-refractivity contribution in [3.8, 4) is 5.75 Å². The van der Waals surface area contributed by atoms with E-state index in [9.17, 15) is 18.0 Å². The first-order valence-corrected chi connectivity index (χ1v) is 10.5. The summed E-state index contributed by atoms with van der Waals surface area (Å²) in [5.74, 6) is -0.361. The van der Waals surface area contributed by atoms with E-state index in [1.807, 2.05) is 0 Å². The molecule has 0 saturated carbocycles. The molecule has 1 aliphatic rings. The predicted molar refractivity (Wildman–Crippen MR) is 109 cm³/mol. The molecular formula is C20H23N3O5S. The van der Waals surface area contributed by atoms with E-state index >= 15 is 0 Å². The molecule has 0 saturated heterocycles. The van der Waals surface area contributed by atoms with Crippen molar-refractivity contribution < 1.29 is 22.7 Å². The number of amides is 2. The summed E-state index contributed by atoms with van der Waals surface area (Å²) in [4.78, 5) is 26.2. The number of hydrogen-bond acceptors (Lipinski definition) is 5. The lowest BCUT2D eigenvalue weighted by Crippen LogP contribution is -2.43. The fourth-order valence-corrected chi connectivity index (χ4v) is 4.51. The van der Waals surface area contributed by atoms with Gasteiger partial charge in [-0.15, -0.1) is 0 Å². The van der Waals surface area contributed by atoms with Gasteiger partial charge in [0.15, 0.2) is 6.61 Å². The van der Waals surface area contributed by atoms with Gasteiger partial charge in [0.2, 0.25) is 15.9 Å². The standard InChI is InChI=1S/C20H23N3O5S/c1-20(2,3)22-29(26,27)17-11-7-4-8-14(17)21-18(24)12-23-15-9-5-6-10-16(15)28-13-19(23)25/h4-11,22H,12-13H2,1-3H3,(H,21,24). The van der Waals surface area contributed by atoms with Crippen molar-refractivity contribution in [1.29, 1.82) is 0 Å². The lowest BCUT2D eigenvalue weighted by molar-refractivity contribution is -0.123. The number of ether oxygens (including phenoxy) is 1. The number of carbonyl (C=O) groups excluding carboxylic acids is 2. The van der Waals surface area contributed by atoms with Gasteiger partial charge in [-0.05, 0) is 45.0 Å². The van der Waals surface area contributed by atoms with Crippen molar-refractivity contribution in [2.24, 2.45) is 0 Å². The van der Waals surface area contributed by atoms with Crippen molar-refractivity contribution in [2.45, 2.75) is 31.2 Å². The van der Waals surface area contributed by atoms with Gasteiger partial charge in [0.1, 0.15) is 17.2 Å². The Labute approximate surface area is 169 Å². The van der Waals surface area contributed by atoms with Crippen molar-refractivity contribution in [3.05, 3.63) is 48.5 Å². The summed E-state index contributed by atoms with van der Waals surface area (Å²) in [6, 6.07) is 13.0. The highest BCUT2D eigenvalue weighted by atomic mass is 32.2. The van der Waals surface area contributed by atoms with Gasteiger partial charge in [0.25, 0.3) is 5.91 Å². The number of anilines is 2. The molecule has 0 fully saturated rings. The average molecular weight is 417 g/mol. The predicted octanol–water partition coefficient (Wildman–Crippen LogP) is 2.13. The minimum absolute atomic E-state index is 0.0445. The van der Waals surface area contributed by atoms with E-state index in [1.54, 1.807) is 57.2 Å². The molecule has 1 aliphatic heterocycles. The van der Waals surface area contributed by atoms with Crippen LogP contribution in [0.4, 0.5) is 11.4 Å². The summed E-state index contributed by atoms with van der Waals surface area (Å²) < 4.78 is 33.4. The first-order chi connectivity index (χ1) is 13.6. The van der Waals surface area contributed by atoms with Crippen molar-refractivity contribution in [3.63, 3.8) is 0 Å². The molecule has 0 aliphatic carbocycles. The molecule has 0 unspecified atom stereocenters. The number of rotatable bonds is 5. The minimum Gasteiger partial charge on any atom is -0.482 e. The van der Waals surface area contributed by atoms with Crippen LogP contribution in [0.2, 0.25) is 0 Å². The van der Waals surface area contributed by atoms with Gasteiger partial charge < -0.3 is 10.1 Å². The van der Waals surface area contributed by atoms with E-state index in [0.29, 0.717) is 11.4 Å². The molecular weight excluding hydrogens is 394 g/mol. The van der Waals surface area contributed by atoms with E-state index in [2.05, 4.69) is 10.0 Å². The van der Waals surface area contributed by atoms with Gasteiger partial charge in [0, 0.05) is 5.54 Å².